The Morgan fingerprint density at radius 1 is 0.585 bits per heavy atom. The molecule has 0 bridgehead atoms. The molecule has 0 atom stereocenters. The predicted octanol–water partition coefficient (Wildman–Crippen LogP) is 6.14. The molecule has 2 N–H and O–H groups in total. The standard InChI is InChI=1S/C22H18FN5O4S.C22H19N5O4S/c23-18-11-19(27-7-1-2-8-27)16(9-20(18)28-13-24-25-26-28)12-33(31,32)21-10-15(22(29)30)5-6-17(21)14-3-4-14;28-22(29)16-5-7-19(15-3-4-15)21(12-16)32(30,31)13-17-11-18(27-14-23-24-25-27)6-8-20(17)26-9-1-2-10-26/h1-2,5-11,13-14H,3-4,12H2,(H,29,30);1-2,5-12,14-15H,3-4,13H2,(H,28,29). The van der Waals surface area contributed by atoms with Gasteiger partial charge in [0.1, 0.15) is 18.3 Å². The first-order valence-electron chi connectivity index (χ1n) is 20.1. The number of benzene rings is 4. The number of halogens is 1. The molecule has 0 aliphatic heterocycles. The van der Waals surface area contributed by atoms with Crippen molar-refractivity contribution in [3.63, 3.8) is 0 Å². The van der Waals surface area contributed by atoms with Crippen LogP contribution in [0, 0.1) is 5.82 Å². The van der Waals surface area contributed by atoms with E-state index in [9.17, 15) is 41.0 Å². The van der Waals surface area contributed by atoms with Crippen molar-refractivity contribution in [1.29, 1.82) is 0 Å². The molecule has 4 aromatic carbocycles. The molecular weight excluding hydrogens is 880 g/mol. The fourth-order valence-corrected chi connectivity index (χ4v) is 11.0. The highest BCUT2D eigenvalue weighted by atomic mass is 32.2. The van der Waals surface area contributed by atoms with Crippen LogP contribution in [-0.4, -0.2) is 88.5 Å². The second-order valence-electron chi connectivity index (χ2n) is 15.6. The molecule has 2 aliphatic carbocycles. The quantitative estimate of drug-likeness (QED) is 0.125. The summed E-state index contributed by atoms with van der Waals surface area (Å²) >= 11 is 0. The average Bonchev–Trinajstić information content (AvgIpc) is 3.90. The van der Waals surface area contributed by atoms with Crippen LogP contribution in [0.15, 0.2) is 138 Å². The van der Waals surface area contributed by atoms with E-state index in [1.165, 1.54) is 53.7 Å². The van der Waals surface area contributed by atoms with Gasteiger partial charge >= 0.3 is 11.9 Å². The minimum atomic E-state index is -3.98. The molecule has 10 rings (SSSR count). The van der Waals surface area contributed by atoms with Crippen molar-refractivity contribution in [3.05, 3.63) is 168 Å². The van der Waals surface area contributed by atoms with Crippen LogP contribution in [0.3, 0.4) is 0 Å². The Kier molecular flexibility index (Phi) is 11.2. The third kappa shape index (κ3) is 9.09. The van der Waals surface area contributed by atoms with Crippen molar-refractivity contribution in [1.82, 2.24) is 49.5 Å². The van der Waals surface area contributed by atoms with Gasteiger partial charge in [0, 0.05) is 36.5 Å². The number of nitrogens with zero attached hydrogens (tertiary/aromatic N) is 10. The summed E-state index contributed by atoms with van der Waals surface area (Å²) in [6.07, 6.45) is 13.2. The highest BCUT2D eigenvalue weighted by Crippen LogP contribution is 2.45. The van der Waals surface area contributed by atoms with Crippen LogP contribution >= 0.6 is 0 Å². The molecule has 2 aliphatic rings. The van der Waals surface area contributed by atoms with E-state index in [0.717, 1.165) is 30.4 Å². The summed E-state index contributed by atoms with van der Waals surface area (Å²) in [6.45, 7) is 0. The second-order valence-corrected chi connectivity index (χ2v) is 19.5. The predicted molar refractivity (Wildman–Crippen MR) is 229 cm³/mol. The van der Waals surface area contributed by atoms with Crippen molar-refractivity contribution in [2.75, 3.05) is 0 Å². The van der Waals surface area contributed by atoms with E-state index >= 15 is 0 Å². The molecule has 0 spiro atoms. The van der Waals surface area contributed by atoms with Gasteiger partial charge in [0.15, 0.2) is 25.5 Å². The van der Waals surface area contributed by atoms with Crippen LogP contribution < -0.4 is 0 Å². The fourth-order valence-electron chi connectivity index (χ4n) is 7.65. The Bertz CT molecular complexity index is 3280. The average molecular weight is 917 g/mol. The maximum absolute atomic E-state index is 14.9. The number of rotatable bonds is 14. The topological polar surface area (TPSA) is 240 Å². The minimum absolute atomic E-state index is 0.00260. The molecule has 2 fully saturated rings. The lowest BCUT2D eigenvalue weighted by Crippen LogP contribution is -2.13. The number of carbonyl (C=O) groups is 2. The molecular formula is C44H37FN10O8S2. The molecule has 65 heavy (non-hydrogen) atoms. The van der Waals surface area contributed by atoms with Crippen molar-refractivity contribution in [3.8, 4) is 22.7 Å². The minimum Gasteiger partial charge on any atom is -0.478 e. The van der Waals surface area contributed by atoms with Crippen LogP contribution in [0.4, 0.5) is 4.39 Å². The maximum Gasteiger partial charge on any atom is 0.335 e. The Balaban J connectivity index is 0.000000164. The molecule has 18 nitrogen and oxygen atoms in total. The molecule has 0 unspecified atom stereocenters. The Hall–Kier alpha value is -7.65. The number of carboxylic acids is 2. The van der Waals surface area contributed by atoms with Gasteiger partial charge in [0.25, 0.3) is 0 Å². The number of hydrogen-bond acceptors (Lipinski definition) is 12. The van der Waals surface area contributed by atoms with Gasteiger partial charge in [-0.2, -0.15) is 4.68 Å². The first-order chi connectivity index (χ1) is 31.3. The van der Waals surface area contributed by atoms with Crippen LogP contribution in [-0.2, 0) is 31.2 Å². The number of aromatic carboxylic acids is 2. The maximum atomic E-state index is 14.9. The number of tetrazole rings is 2. The van der Waals surface area contributed by atoms with E-state index in [-0.39, 0.29) is 44.2 Å². The van der Waals surface area contributed by atoms with E-state index in [1.54, 1.807) is 47.3 Å². The van der Waals surface area contributed by atoms with Crippen LogP contribution in [0.5, 0.6) is 0 Å². The summed E-state index contributed by atoms with van der Waals surface area (Å²) in [6, 6.07) is 23.8. The van der Waals surface area contributed by atoms with Gasteiger partial charge in [-0.25, -0.2) is 35.5 Å². The summed E-state index contributed by atoms with van der Waals surface area (Å²) in [5, 5.41) is 40.7. The third-order valence-electron chi connectivity index (χ3n) is 11.1. The molecule has 0 radical (unpaired) electrons. The zero-order valence-corrected chi connectivity index (χ0v) is 35.7. The molecule has 2 saturated carbocycles. The van der Waals surface area contributed by atoms with Gasteiger partial charge in [-0.15, -0.1) is 10.2 Å². The SMILES string of the molecule is O=C(O)c1ccc(C2CC2)c(S(=O)(=O)Cc2cc(-n3cnnn3)c(F)cc2-n2cccc2)c1.O=C(O)c1ccc(C2CC2)c(S(=O)(=O)Cc2cc(-n3cnnn3)ccc2-n2cccc2)c1. The summed E-state index contributed by atoms with van der Waals surface area (Å²) in [7, 11) is -7.82. The smallest absolute Gasteiger partial charge is 0.335 e. The van der Waals surface area contributed by atoms with Crippen molar-refractivity contribution < 1.29 is 41.0 Å². The Morgan fingerprint density at radius 3 is 1.52 bits per heavy atom. The van der Waals surface area contributed by atoms with E-state index in [0.29, 0.717) is 39.3 Å². The van der Waals surface area contributed by atoms with E-state index in [4.69, 9.17) is 0 Å². The number of carboxylic acid groups (broad SMARTS) is 2. The Morgan fingerprint density at radius 2 is 1.06 bits per heavy atom. The van der Waals surface area contributed by atoms with Gasteiger partial charge in [-0.3, -0.25) is 0 Å². The van der Waals surface area contributed by atoms with Gasteiger partial charge in [0.2, 0.25) is 0 Å². The summed E-state index contributed by atoms with van der Waals surface area (Å²) in [4.78, 5) is 23.1. The van der Waals surface area contributed by atoms with Gasteiger partial charge in [-0.1, -0.05) is 12.1 Å². The van der Waals surface area contributed by atoms with E-state index in [2.05, 4.69) is 31.1 Å². The highest BCUT2D eigenvalue weighted by Gasteiger charge is 2.33. The van der Waals surface area contributed by atoms with Crippen molar-refractivity contribution in [2.24, 2.45) is 0 Å². The summed E-state index contributed by atoms with van der Waals surface area (Å²) < 4.78 is 75.3. The number of sulfone groups is 2. The van der Waals surface area contributed by atoms with Crippen LogP contribution in [0.1, 0.15) is 80.5 Å². The molecule has 4 aromatic heterocycles. The molecule has 330 valence electrons. The van der Waals surface area contributed by atoms with Crippen LogP contribution in [0.2, 0.25) is 0 Å². The summed E-state index contributed by atoms with van der Waals surface area (Å²) in [5.41, 5.74) is 3.72. The molecule has 4 heterocycles. The molecule has 0 saturated heterocycles. The zero-order chi connectivity index (χ0) is 45.5. The lowest BCUT2D eigenvalue weighted by molar-refractivity contribution is 0.0685. The van der Waals surface area contributed by atoms with Gasteiger partial charge < -0.3 is 19.3 Å². The first kappa shape index (κ1) is 42.6. The fraction of sp³-hybridized carbons (Fsp3) is 0.182. The normalized spacial score (nSPS) is 13.9. The molecule has 0 amide bonds. The molecule has 21 heteroatoms. The van der Waals surface area contributed by atoms with E-state index < -0.39 is 43.2 Å². The van der Waals surface area contributed by atoms with Crippen LogP contribution in [0.25, 0.3) is 22.7 Å². The zero-order valence-electron chi connectivity index (χ0n) is 34.0. The highest BCUT2D eigenvalue weighted by molar-refractivity contribution is 7.91. The largest absolute Gasteiger partial charge is 0.478 e. The lowest BCUT2D eigenvalue weighted by Gasteiger charge is -2.16. The second kappa shape index (κ2) is 17.1. The lowest BCUT2D eigenvalue weighted by atomic mass is 10.1. The third-order valence-corrected chi connectivity index (χ3v) is 14.5. The number of aromatic nitrogens is 10. The van der Waals surface area contributed by atoms with E-state index in [1.807, 2.05) is 41.2 Å². The Labute approximate surface area is 370 Å². The van der Waals surface area contributed by atoms with Gasteiger partial charge in [-0.05, 0) is 153 Å². The first-order valence-corrected chi connectivity index (χ1v) is 23.4. The molecule has 8 aromatic rings. The van der Waals surface area contributed by atoms with Gasteiger partial charge in [0.05, 0.1) is 43.8 Å². The van der Waals surface area contributed by atoms with Crippen molar-refractivity contribution in [2.45, 2.75) is 58.8 Å². The number of hydrogen-bond donors (Lipinski definition) is 2. The van der Waals surface area contributed by atoms with Crippen molar-refractivity contribution >= 4 is 31.6 Å². The summed E-state index contributed by atoms with van der Waals surface area (Å²) in [5.74, 6) is -3.50. The monoisotopic (exact) mass is 916 g/mol.